The smallest absolute Gasteiger partial charge is 0.171 e. The molecule has 108 valence electrons. The van der Waals surface area contributed by atoms with Crippen LogP contribution in [0.1, 0.15) is 0 Å². The van der Waals surface area contributed by atoms with E-state index >= 15 is 0 Å². The summed E-state index contributed by atoms with van der Waals surface area (Å²) >= 11 is 0. The number of hydrogen-bond donors (Lipinski definition) is 0. The number of nitrogens with zero attached hydrogens (tertiary/aromatic N) is 1. The van der Waals surface area contributed by atoms with Gasteiger partial charge in [0.15, 0.2) is 5.76 Å². The highest BCUT2D eigenvalue weighted by Gasteiger charge is 2.16. The zero-order valence-corrected chi connectivity index (χ0v) is 11.9. The summed E-state index contributed by atoms with van der Waals surface area (Å²) in [6, 6.07) is 17.5. The summed E-state index contributed by atoms with van der Waals surface area (Å²) in [5, 5.41) is 5.07. The summed E-state index contributed by atoms with van der Waals surface area (Å²) in [7, 11) is 1.64. The van der Waals surface area contributed by atoms with Crippen LogP contribution in [0.25, 0.3) is 33.6 Å². The lowest BCUT2D eigenvalue weighted by Crippen LogP contribution is -1.87. The predicted molar refractivity (Wildman–Crippen MR) is 83.7 cm³/mol. The van der Waals surface area contributed by atoms with Crippen molar-refractivity contribution in [3.63, 3.8) is 0 Å². The van der Waals surface area contributed by atoms with Gasteiger partial charge in [-0.25, -0.2) is 0 Å². The molecular formula is C18H13NO3. The molecule has 0 atom stereocenters. The van der Waals surface area contributed by atoms with Crippen molar-refractivity contribution in [2.24, 2.45) is 0 Å². The van der Waals surface area contributed by atoms with E-state index in [0.717, 1.165) is 33.5 Å². The molecule has 0 aliphatic rings. The molecule has 0 unspecified atom stereocenters. The number of ether oxygens (including phenoxy) is 1. The quantitative estimate of drug-likeness (QED) is 0.546. The van der Waals surface area contributed by atoms with Gasteiger partial charge in [-0.05, 0) is 18.2 Å². The maximum atomic E-state index is 5.54. The van der Waals surface area contributed by atoms with E-state index in [1.165, 1.54) is 0 Å². The number of fused-ring (bicyclic) bond motifs is 1. The number of methoxy groups -OCH3 is 1. The van der Waals surface area contributed by atoms with Crippen LogP contribution in [-0.4, -0.2) is 12.3 Å². The van der Waals surface area contributed by atoms with E-state index < -0.39 is 0 Å². The summed E-state index contributed by atoms with van der Waals surface area (Å²) in [6.07, 6.45) is 1.65. The molecule has 0 fully saturated rings. The molecule has 0 radical (unpaired) electrons. The number of hydrogen-bond acceptors (Lipinski definition) is 4. The standard InChI is InChI=1S/C18H13NO3/c1-20-18-13(7-8-16-14(18)9-10-21-16)17-11-15(19-22-17)12-5-3-2-4-6-12/h2-11H,1H3. The lowest BCUT2D eigenvalue weighted by Gasteiger charge is -2.06. The van der Waals surface area contributed by atoms with E-state index in [1.54, 1.807) is 13.4 Å². The molecule has 0 spiro atoms. The first-order chi connectivity index (χ1) is 10.9. The molecular weight excluding hydrogens is 278 g/mol. The Balaban J connectivity index is 1.84. The second-order valence-corrected chi connectivity index (χ2v) is 4.92. The van der Waals surface area contributed by atoms with Crippen LogP contribution in [-0.2, 0) is 0 Å². The van der Waals surface area contributed by atoms with Gasteiger partial charge in [0.2, 0.25) is 0 Å². The van der Waals surface area contributed by atoms with Crippen LogP contribution < -0.4 is 4.74 Å². The second-order valence-electron chi connectivity index (χ2n) is 4.92. The van der Waals surface area contributed by atoms with Crippen LogP contribution in [0.3, 0.4) is 0 Å². The van der Waals surface area contributed by atoms with Crippen molar-refractivity contribution in [3.05, 3.63) is 60.9 Å². The molecule has 4 aromatic rings. The first-order valence-corrected chi connectivity index (χ1v) is 6.93. The van der Waals surface area contributed by atoms with Gasteiger partial charge >= 0.3 is 0 Å². The SMILES string of the molecule is COc1c(-c2cc(-c3ccccc3)no2)ccc2occc12. The zero-order chi connectivity index (χ0) is 14.9. The minimum absolute atomic E-state index is 0.666. The van der Waals surface area contributed by atoms with Gasteiger partial charge in [-0.1, -0.05) is 35.5 Å². The minimum Gasteiger partial charge on any atom is -0.495 e. The van der Waals surface area contributed by atoms with Crippen LogP contribution in [0, 0.1) is 0 Å². The fourth-order valence-electron chi connectivity index (χ4n) is 2.58. The van der Waals surface area contributed by atoms with Crippen molar-refractivity contribution in [3.8, 4) is 28.3 Å². The van der Waals surface area contributed by atoms with Crippen LogP contribution in [0.5, 0.6) is 5.75 Å². The molecule has 0 aliphatic carbocycles. The molecule has 2 aromatic heterocycles. The highest BCUT2D eigenvalue weighted by molar-refractivity contribution is 5.91. The first-order valence-electron chi connectivity index (χ1n) is 6.93. The Kier molecular flexibility index (Phi) is 2.93. The van der Waals surface area contributed by atoms with Crippen molar-refractivity contribution < 1.29 is 13.7 Å². The number of benzene rings is 2. The highest BCUT2D eigenvalue weighted by atomic mass is 16.5. The van der Waals surface area contributed by atoms with E-state index in [0.29, 0.717) is 5.76 Å². The monoisotopic (exact) mass is 291 g/mol. The van der Waals surface area contributed by atoms with E-state index in [2.05, 4.69) is 5.16 Å². The Morgan fingerprint density at radius 3 is 2.68 bits per heavy atom. The number of furan rings is 1. The van der Waals surface area contributed by atoms with Gasteiger partial charge in [0.25, 0.3) is 0 Å². The van der Waals surface area contributed by atoms with Gasteiger partial charge in [-0.2, -0.15) is 0 Å². The number of aromatic nitrogens is 1. The van der Waals surface area contributed by atoms with E-state index in [-0.39, 0.29) is 0 Å². The molecule has 0 N–H and O–H groups in total. The second kappa shape index (κ2) is 5.07. The van der Waals surface area contributed by atoms with Crippen molar-refractivity contribution in [2.45, 2.75) is 0 Å². The molecule has 2 aromatic carbocycles. The summed E-state index contributed by atoms with van der Waals surface area (Å²) in [4.78, 5) is 0. The van der Waals surface area contributed by atoms with Gasteiger partial charge in [-0.3, -0.25) is 0 Å². The third-order valence-corrected chi connectivity index (χ3v) is 3.64. The van der Waals surface area contributed by atoms with E-state index in [9.17, 15) is 0 Å². The summed E-state index contributed by atoms with van der Waals surface area (Å²) in [6.45, 7) is 0. The van der Waals surface area contributed by atoms with Crippen LogP contribution >= 0.6 is 0 Å². The summed E-state index contributed by atoms with van der Waals surface area (Å²) in [5.74, 6) is 1.39. The Morgan fingerprint density at radius 2 is 1.86 bits per heavy atom. The molecule has 0 bridgehead atoms. The van der Waals surface area contributed by atoms with E-state index in [1.807, 2.05) is 54.6 Å². The molecule has 0 saturated carbocycles. The third kappa shape index (κ3) is 1.97. The first kappa shape index (κ1) is 12.7. The third-order valence-electron chi connectivity index (χ3n) is 3.64. The average molecular weight is 291 g/mol. The Hall–Kier alpha value is -3.01. The highest BCUT2D eigenvalue weighted by Crippen LogP contribution is 2.38. The Morgan fingerprint density at radius 1 is 1.00 bits per heavy atom. The van der Waals surface area contributed by atoms with Crippen molar-refractivity contribution in [1.29, 1.82) is 0 Å². The molecule has 4 nitrogen and oxygen atoms in total. The summed E-state index contributed by atoms with van der Waals surface area (Å²) < 4.78 is 16.5. The minimum atomic E-state index is 0.666. The van der Waals surface area contributed by atoms with Gasteiger partial charge < -0.3 is 13.7 Å². The van der Waals surface area contributed by atoms with Gasteiger partial charge in [0.1, 0.15) is 17.0 Å². The molecule has 4 rings (SSSR count). The van der Waals surface area contributed by atoms with Crippen molar-refractivity contribution in [1.82, 2.24) is 5.16 Å². The van der Waals surface area contributed by atoms with Gasteiger partial charge in [0, 0.05) is 11.6 Å². The molecule has 2 heterocycles. The van der Waals surface area contributed by atoms with Crippen LogP contribution in [0.2, 0.25) is 0 Å². The van der Waals surface area contributed by atoms with Crippen LogP contribution in [0.15, 0.2) is 69.8 Å². The van der Waals surface area contributed by atoms with Crippen molar-refractivity contribution in [2.75, 3.05) is 7.11 Å². The largest absolute Gasteiger partial charge is 0.495 e. The molecule has 0 saturated heterocycles. The fourth-order valence-corrected chi connectivity index (χ4v) is 2.58. The zero-order valence-electron chi connectivity index (χ0n) is 11.9. The topological polar surface area (TPSA) is 48.4 Å². The average Bonchev–Trinajstić information content (AvgIpc) is 3.23. The lowest BCUT2D eigenvalue weighted by molar-refractivity contribution is 0.410. The Labute approximate surface area is 126 Å². The maximum Gasteiger partial charge on any atom is 0.171 e. The number of rotatable bonds is 3. The molecule has 0 amide bonds. The van der Waals surface area contributed by atoms with Crippen molar-refractivity contribution >= 4 is 11.0 Å². The lowest BCUT2D eigenvalue weighted by atomic mass is 10.1. The molecule has 22 heavy (non-hydrogen) atoms. The van der Waals surface area contributed by atoms with Crippen LogP contribution in [0.4, 0.5) is 0 Å². The maximum absolute atomic E-state index is 5.54. The fraction of sp³-hybridized carbons (Fsp3) is 0.0556. The molecule has 4 heteroatoms. The Bertz CT molecular complexity index is 922. The van der Waals surface area contributed by atoms with E-state index in [4.69, 9.17) is 13.7 Å². The predicted octanol–water partition coefficient (Wildman–Crippen LogP) is 4.76. The summed E-state index contributed by atoms with van der Waals surface area (Å²) in [5.41, 5.74) is 3.44. The van der Waals surface area contributed by atoms with Gasteiger partial charge in [-0.15, -0.1) is 0 Å². The van der Waals surface area contributed by atoms with Gasteiger partial charge in [0.05, 0.1) is 24.3 Å². The normalized spacial score (nSPS) is 11.0. The molecule has 0 aliphatic heterocycles.